The number of fused-ring (bicyclic) bond motifs is 1. The first-order valence-electron chi connectivity index (χ1n) is 4.05. The monoisotopic (exact) mass is 215 g/mol. The summed E-state index contributed by atoms with van der Waals surface area (Å²) in [4.78, 5) is -0.130. The van der Waals surface area contributed by atoms with E-state index in [1.54, 1.807) is 0 Å². The highest BCUT2D eigenvalue weighted by Gasteiger charge is 2.15. The van der Waals surface area contributed by atoms with Crippen molar-refractivity contribution in [2.45, 2.75) is 4.90 Å². The number of anilines is 1. The summed E-state index contributed by atoms with van der Waals surface area (Å²) in [5, 5.41) is 2.97. The first kappa shape index (κ1) is 9.29. The molecule has 0 saturated heterocycles. The zero-order valence-corrected chi connectivity index (χ0v) is 8.04. The Kier molecular flexibility index (Phi) is 2.09. The number of ether oxygens (including phenoxy) is 1. The number of hydrogen-bond acceptors (Lipinski definition) is 4. The van der Waals surface area contributed by atoms with Crippen molar-refractivity contribution in [1.82, 2.24) is 0 Å². The second-order valence-electron chi connectivity index (χ2n) is 2.91. The highest BCUT2D eigenvalue weighted by atomic mass is 32.2. The lowest BCUT2D eigenvalue weighted by atomic mass is 10.2. The Balaban J connectivity index is 2.49. The molecular weight excluding hydrogens is 206 g/mol. The molecule has 14 heavy (non-hydrogen) atoms. The Morgan fingerprint density at radius 1 is 1.43 bits per heavy atom. The van der Waals surface area contributed by atoms with Crippen LogP contribution in [0.15, 0.2) is 23.1 Å². The van der Waals surface area contributed by atoms with Gasteiger partial charge in [0.05, 0.1) is 10.6 Å². The van der Waals surface area contributed by atoms with Gasteiger partial charge < -0.3 is 10.1 Å². The molecule has 76 valence electrons. The molecule has 2 rings (SSSR count). The molecule has 0 bridgehead atoms. The first-order chi connectivity index (χ1) is 6.57. The number of rotatable bonds is 1. The Morgan fingerprint density at radius 2 is 2.21 bits per heavy atom. The average molecular weight is 215 g/mol. The van der Waals surface area contributed by atoms with Gasteiger partial charge in [-0.1, -0.05) is 0 Å². The summed E-state index contributed by atoms with van der Waals surface area (Å²) in [6, 6.07) is 4.18. The average Bonchev–Trinajstić information content (AvgIpc) is 2.16. The van der Waals surface area contributed by atoms with Gasteiger partial charge in [-0.3, -0.25) is 4.55 Å². The van der Waals surface area contributed by atoms with Crippen molar-refractivity contribution in [3.8, 4) is 5.75 Å². The van der Waals surface area contributed by atoms with Gasteiger partial charge >= 0.3 is 0 Å². The van der Waals surface area contributed by atoms with Crippen molar-refractivity contribution in [2.24, 2.45) is 0 Å². The van der Waals surface area contributed by atoms with Gasteiger partial charge in [0.15, 0.2) is 0 Å². The van der Waals surface area contributed by atoms with Crippen LogP contribution in [0.3, 0.4) is 0 Å². The summed E-state index contributed by atoms with van der Waals surface area (Å²) < 4.78 is 35.7. The van der Waals surface area contributed by atoms with E-state index in [2.05, 4.69) is 5.32 Å². The van der Waals surface area contributed by atoms with Gasteiger partial charge in [-0.15, -0.1) is 0 Å². The highest BCUT2D eigenvalue weighted by Crippen LogP contribution is 2.29. The molecule has 5 nitrogen and oxygen atoms in total. The van der Waals surface area contributed by atoms with Gasteiger partial charge in [-0.05, 0) is 18.2 Å². The Hall–Kier alpha value is -1.27. The van der Waals surface area contributed by atoms with Crippen LogP contribution in [0.25, 0.3) is 0 Å². The van der Waals surface area contributed by atoms with E-state index in [4.69, 9.17) is 9.29 Å². The van der Waals surface area contributed by atoms with Gasteiger partial charge in [-0.2, -0.15) is 8.42 Å². The van der Waals surface area contributed by atoms with Gasteiger partial charge in [0, 0.05) is 6.54 Å². The number of nitrogens with one attached hydrogen (secondary N) is 1. The predicted molar refractivity (Wildman–Crippen MR) is 50.2 cm³/mol. The van der Waals surface area contributed by atoms with E-state index in [1.807, 2.05) is 0 Å². The van der Waals surface area contributed by atoms with Crippen molar-refractivity contribution in [3.05, 3.63) is 18.2 Å². The molecule has 0 fully saturated rings. The molecule has 2 N–H and O–H groups in total. The predicted octanol–water partition coefficient (Wildman–Crippen LogP) is 0.738. The van der Waals surface area contributed by atoms with Crippen LogP contribution in [0.2, 0.25) is 0 Å². The van der Waals surface area contributed by atoms with Crippen LogP contribution in [0.1, 0.15) is 0 Å². The fourth-order valence-corrected chi connectivity index (χ4v) is 1.79. The van der Waals surface area contributed by atoms with Gasteiger partial charge in [0.2, 0.25) is 0 Å². The van der Waals surface area contributed by atoms with E-state index in [9.17, 15) is 8.42 Å². The molecule has 0 unspecified atom stereocenters. The Labute approximate surface area is 81.4 Å². The van der Waals surface area contributed by atoms with Crippen LogP contribution in [0, 0.1) is 0 Å². The molecule has 0 radical (unpaired) electrons. The maximum atomic E-state index is 10.8. The third kappa shape index (κ3) is 1.66. The van der Waals surface area contributed by atoms with Crippen molar-refractivity contribution in [1.29, 1.82) is 0 Å². The summed E-state index contributed by atoms with van der Waals surface area (Å²) >= 11 is 0. The topological polar surface area (TPSA) is 75.6 Å². The summed E-state index contributed by atoms with van der Waals surface area (Å²) in [6.07, 6.45) is 0. The Morgan fingerprint density at radius 3 is 2.93 bits per heavy atom. The largest absolute Gasteiger partial charge is 0.490 e. The molecular formula is C8H9NO4S. The van der Waals surface area contributed by atoms with Crippen LogP contribution in [0.4, 0.5) is 5.69 Å². The van der Waals surface area contributed by atoms with E-state index in [1.165, 1.54) is 18.2 Å². The first-order valence-corrected chi connectivity index (χ1v) is 5.49. The van der Waals surface area contributed by atoms with Gasteiger partial charge in [-0.25, -0.2) is 0 Å². The lowest BCUT2D eigenvalue weighted by molar-refractivity contribution is 0.323. The van der Waals surface area contributed by atoms with Crippen LogP contribution >= 0.6 is 0 Å². The number of hydrogen-bond donors (Lipinski definition) is 2. The third-order valence-electron chi connectivity index (χ3n) is 1.92. The molecule has 0 amide bonds. The van der Waals surface area contributed by atoms with Crippen molar-refractivity contribution in [3.63, 3.8) is 0 Å². The van der Waals surface area contributed by atoms with E-state index in [-0.39, 0.29) is 4.90 Å². The summed E-state index contributed by atoms with van der Waals surface area (Å²) in [6.45, 7) is 1.18. The molecule has 0 spiro atoms. The number of benzene rings is 1. The molecule has 1 aromatic carbocycles. The summed E-state index contributed by atoms with van der Waals surface area (Å²) in [5.41, 5.74) is 0.589. The molecule has 1 aliphatic heterocycles. The van der Waals surface area contributed by atoms with Crippen molar-refractivity contribution < 1.29 is 17.7 Å². The van der Waals surface area contributed by atoms with E-state index in [0.29, 0.717) is 24.6 Å². The Bertz CT molecular complexity index is 454. The standard InChI is InChI=1S/C8H9NO4S/c10-14(11,12)6-1-2-8-7(5-6)9-3-4-13-8/h1-2,5,9H,3-4H2,(H,10,11,12). The molecule has 1 aromatic rings. The molecule has 1 aliphatic rings. The van der Waals surface area contributed by atoms with Crippen molar-refractivity contribution >= 4 is 15.8 Å². The summed E-state index contributed by atoms with van der Waals surface area (Å²) in [5.74, 6) is 0.601. The normalized spacial score (nSPS) is 15.2. The molecule has 6 heteroatoms. The van der Waals surface area contributed by atoms with E-state index in [0.717, 1.165) is 0 Å². The molecule has 0 atom stereocenters. The van der Waals surface area contributed by atoms with Crippen molar-refractivity contribution in [2.75, 3.05) is 18.5 Å². The lowest BCUT2D eigenvalue weighted by Crippen LogP contribution is -2.18. The van der Waals surface area contributed by atoms with Crippen LogP contribution < -0.4 is 10.1 Å². The molecule has 0 aromatic heterocycles. The van der Waals surface area contributed by atoms with E-state index < -0.39 is 10.1 Å². The fourth-order valence-electron chi connectivity index (χ4n) is 1.28. The highest BCUT2D eigenvalue weighted by molar-refractivity contribution is 7.85. The van der Waals surface area contributed by atoms with Crippen LogP contribution in [-0.2, 0) is 10.1 Å². The smallest absolute Gasteiger partial charge is 0.294 e. The quantitative estimate of drug-likeness (QED) is 0.676. The minimum absolute atomic E-state index is 0.130. The van der Waals surface area contributed by atoms with Gasteiger partial charge in [0.1, 0.15) is 12.4 Å². The van der Waals surface area contributed by atoms with Gasteiger partial charge in [0.25, 0.3) is 10.1 Å². The minimum Gasteiger partial charge on any atom is -0.490 e. The van der Waals surface area contributed by atoms with Crippen LogP contribution in [-0.4, -0.2) is 26.1 Å². The molecule has 1 heterocycles. The molecule has 0 saturated carbocycles. The second-order valence-corrected chi connectivity index (χ2v) is 4.33. The second kappa shape index (κ2) is 3.14. The summed E-state index contributed by atoms with van der Waals surface area (Å²) in [7, 11) is -4.13. The zero-order valence-electron chi connectivity index (χ0n) is 7.23. The van der Waals surface area contributed by atoms with Crippen LogP contribution in [0.5, 0.6) is 5.75 Å². The minimum atomic E-state index is -4.13. The maximum absolute atomic E-state index is 10.8. The third-order valence-corrected chi connectivity index (χ3v) is 2.77. The fraction of sp³-hybridized carbons (Fsp3) is 0.250. The maximum Gasteiger partial charge on any atom is 0.294 e. The molecule has 0 aliphatic carbocycles. The zero-order chi connectivity index (χ0) is 10.2. The van der Waals surface area contributed by atoms with E-state index >= 15 is 0 Å². The lowest BCUT2D eigenvalue weighted by Gasteiger charge is -2.19. The SMILES string of the molecule is O=S(=O)(O)c1ccc2c(c1)NCCO2.